The third-order valence-corrected chi connectivity index (χ3v) is 5.78. The summed E-state index contributed by atoms with van der Waals surface area (Å²) in [4.78, 5) is 15.3. The van der Waals surface area contributed by atoms with Gasteiger partial charge >= 0.3 is 0 Å². The number of carbonyl (C=O) groups excluding carboxylic acids is 1. The van der Waals surface area contributed by atoms with Crippen molar-refractivity contribution in [2.45, 2.75) is 83.2 Å². The van der Waals surface area contributed by atoms with Crippen molar-refractivity contribution in [2.75, 3.05) is 13.1 Å². The maximum absolute atomic E-state index is 13.3. The van der Waals surface area contributed by atoms with Crippen LogP contribution in [0.15, 0.2) is 0 Å². The molecule has 3 aliphatic rings. The first-order valence-corrected chi connectivity index (χ1v) is 9.51. The molecule has 1 N–H and O–H groups in total. The fourth-order valence-electron chi connectivity index (χ4n) is 4.94. The summed E-state index contributed by atoms with van der Waals surface area (Å²) >= 11 is 0. The maximum Gasteiger partial charge on any atom is 0.274 e. The van der Waals surface area contributed by atoms with Gasteiger partial charge in [-0.25, -0.2) is 0 Å². The standard InChI is InChI=1S/C19H29N3O3/c1-12-9-14-15(13(2)24-12)20-21-16(14)17(23)22-10-18(3,4)25-19(11-22)7-5-6-8-19/h12-13H,5-11H2,1-4H3,(H,20,21)/t12-,13+/m1/s1. The highest BCUT2D eigenvalue weighted by atomic mass is 16.5. The fraction of sp³-hybridized carbons (Fsp3) is 0.789. The Morgan fingerprint density at radius 2 is 1.96 bits per heavy atom. The molecule has 2 aliphatic heterocycles. The SMILES string of the molecule is C[C@@H]1Cc2c(C(=O)N3CC(C)(C)OC4(CCCC4)C3)n[nH]c2[C@H](C)O1. The number of hydrogen-bond donors (Lipinski definition) is 1. The van der Waals surface area contributed by atoms with E-state index < -0.39 is 0 Å². The second-order valence-electron chi connectivity index (χ2n) is 8.67. The highest BCUT2D eigenvalue weighted by Crippen LogP contribution is 2.41. The van der Waals surface area contributed by atoms with Gasteiger partial charge in [0, 0.05) is 18.5 Å². The number of aromatic nitrogens is 2. The Balaban J connectivity index is 1.63. The fourth-order valence-corrected chi connectivity index (χ4v) is 4.94. The van der Waals surface area contributed by atoms with Crippen LogP contribution in [0.2, 0.25) is 0 Å². The molecule has 6 nitrogen and oxygen atoms in total. The average Bonchev–Trinajstić information content (AvgIpc) is 3.12. The van der Waals surface area contributed by atoms with E-state index in [4.69, 9.17) is 9.47 Å². The van der Waals surface area contributed by atoms with Gasteiger partial charge < -0.3 is 14.4 Å². The van der Waals surface area contributed by atoms with Gasteiger partial charge in [-0.1, -0.05) is 12.8 Å². The Hall–Kier alpha value is -1.40. The van der Waals surface area contributed by atoms with Crippen LogP contribution in [0.3, 0.4) is 0 Å². The average molecular weight is 347 g/mol. The van der Waals surface area contributed by atoms with Gasteiger partial charge in [-0.3, -0.25) is 9.89 Å². The van der Waals surface area contributed by atoms with Gasteiger partial charge in [0.2, 0.25) is 0 Å². The molecule has 4 rings (SSSR count). The third-order valence-electron chi connectivity index (χ3n) is 5.78. The van der Waals surface area contributed by atoms with Crippen molar-refractivity contribution >= 4 is 5.91 Å². The summed E-state index contributed by atoms with van der Waals surface area (Å²) in [6.45, 7) is 9.52. The summed E-state index contributed by atoms with van der Waals surface area (Å²) in [5.41, 5.74) is 2.06. The van der Waals surface area contributed by atoms with Gasteiger partial charge in [0.25, 0.3) is 5.91 Å². The highest BCUT2D eigenvalue weighted by Gasteiger charge is 2.47. The van der Waals surface area contributed by atoms with E-state index in [1.165, 1.54) is 12.8 Å². The molecule has 2 atom stereocenters. The van der Waals surface area contributed by atoms with Gasteiger partial charge in [-0.05, 0) is 40.5 Å². The number of rotatable bonds is 1. The second kappa shape index (κ2) is 5.81. The zero-order chi connectivity index (χ0) is 17.8. The number of carbonyl (C=O) groups is 1. The molecule has 1 saturated carbocycles. The quantitative estimate of drug-likeness (QED) is 0.848. The van der Waals surface area contributed by atoms with Gasteiger partial charge in [0.1, 0.15) is 0 Å². The molecule has 0 bridgehead atoms. The van der Waals surface area contributed by atoms with Crippen LogP contribution >= 0.6 is 0 Å². The van der Waals surface area contributed by atoms with Crippen molar-refractivity contribution in [3.8, 4) is 0 Å². The van der Waals surface area contributed by atoms with E-state index >= 15 is 0 Å². The van der Waals surface area contributed by atoms with Crippen LogP contribution in [-0.2, 0) is 15.9 Å². The summed E-state index contributed by atoms with van der Waals surface area (Å²) in [7, 11) is 0. The lowest BCUT2D eigenvalue weighted by molar-refractivity contribution is -0.184. The van der Waals surface area contributed by atoms with E-state index in [1.54, 1.807) is 0 Å². The first-order chi connectivity index (χ1) is 11.8. The number of hydrogen-bond acceptors (Lipinski definition) is 4. The molecule has 0 aromatic carbocycles. The molecular formula is C19H29N3O3. The van der Waals surface area contributed by atoms with E-state index in [-0.39, 0.29) is 29.3 Å². The van der Waals surface area contributed by atoms with E-state index in [1.807, 2.05) is 18.7 Å². The summed E-state index contributed by atoms with van der Waals surface area (Å²) in [6, 6.07) is 0. The first kappa shape index (κ1) is 17.0. The number of ether oxygens (including phenoxy) is 2. The van der Waals surface area contributed by atoms with Gasteiger partial charge in [0.15, 0.2) is 5.69 Å². The Morgan fingerprint density at radius 3 is 2.68 bits per heavy atom. The van der Waals surface area contributed by atoms with Gasteiger partial charge in [0.05, 0.1) is 35.6 Å². The van der Waals surface area contributed by atoms with E-state index in [2.05, 4.69) is 24.0 Å². The monoisotopic (exact) mass is 347 g/mol. The third kappa shape index (κ3) is 2.99. The molecule has 2 fully saturated rings. The summed E-state index contributed by atoms with van der Waals surface area (Å²) < 4.78 is 12.3. The second-order valence-corrected chi connectivity index (χ2v) is 8.67. The molecule has 1 amide bonds. The van der Waals surface area contributed by atoms with Crippen LogP contribution < -0.4 is 0 Å². The van der Waals surface area contributed by atoms with Crippen molar-refractivity contribution < 1.29 is 14.3 Å². The molecule has 0 radical (unpaired) electrons. The molecule has 6 heteroatoms. The Bertz CT molecular complexity index is 675. The number of H-pyrrole nitrogens is 1. The summed E-state index contributed by atoms with van der Waals surface area (Å²) in [6.07, 6.45) is 5.24. The van der Waals surface area contributed by atoms with E-state index in [0.29, 0.717) is 18.8 Å². The minimum Gasteiger partial charge on any atom is -0.369 e. The van der Waals surface area contributed by atoms with Crippen molar-refractivity contribution in [1.82, 2.24) is 15.1 Å². The molecule has 3 heterocycles. The van der Waals surface area contributed by atoms with Crippen molar-refractivity contribution in [3.05, 3.63) is 17.0 Å². The molecule has 1 spiro atoms. The van der Waals surface area contributed by atoms with E-state index in [9.17, 15) is 4.79 Å². The lowest BCUT2D eigenvalue weighted by Crippen LogP contribution is -2.60. The lowest BCUT2D eigenvalue weighted by atomic mass is 9.93. The predicted molar refractivity (Wildman–Crippen MR) is 93.5 cm³/mol. The van der Waals surface area contributed by atoms with Crippen LogP contribution in [0.1, 0.15) is 81.2 Å². The van der Waals surface area contributed by atoms with Gasteiger partial charge in [-0.2, -0.15) is 5.10 Å². The number of amides is 1. The predicted octanol–water partition coefficient (Wildman–Crippen LogP) is 3.00. The van der Waals surface area contributed by atoms with Gasteiger partial charge in [-0.15, -0.1) is 0 Å². The zero-order valence-corrected chi connectivity index (χ0v) is 15.7. The molecule has 138 valence electrons. The highest BCUT2D eigenvalue weighted by molar-refractivity contribution is 5.94. The van der Waals surface area contributed by atoms with Crippen molar-refractivity contribution in [2.24, 2.45) is 0 Å². The van der Waals surface area contributed by atoms with Crippen molar-refractivity contribution in [3.63, 3.8) is 0 Å². The molecular weight excluding hydrogens is 318 g/mol. The summed E-state index contributed by atoms with van der Waals surface area (Å²) in [5, 5.41) is 7.43. The number of nitrogens with one attached hydrogen (secondary N) is 1. The Kier molecular flexibility index (Phi) is 3.96. The maximum atomic E-state index is 13.3. The number of nitrogens with zero attached hydrogens (tertiary/aromatic N) is 2. The molecule has 1 aliphatic carbocycles. The van der Waals surface area contributed by atoms with E-state index in [0.717, 1.165) is 30.5 Å². The molecule has 25 heavy (non-hydrogen) atoms. The van der Waals surface area contributed by atoms with Crippen molar-refractivity contribution in [1.29, 1.82) is 0 Å². The van der Waals surface area contributed by atoms with Crippen LogP contribution in [-0.4, -0.2) is 51.4 Å². The zero-order valence-electron chi connectivity index (χ0n) is 15.7. The smallest absolute Gasteiger partial charge is 0.274 e. The van der Waals surface area contributed by atoms with Crippen LogP contribution in [0, 0.1) is 0 Å². The number of morpholine rings is 1. The molecule has 1 aromatic heterocycles. The Morgan fingerprint density at radius 1 is 1.24 bits per heavy atom. The number of fused-ring (bicyclic) bond motifs is 1. The lowest BCUT2D eigenvalue weighted by Gasteiger charge is -2.48. The topological polar surface area (TPSA) is 67.5 Å². The summed E-state index contributed by atoms with van der Waals surface area (Å²) in [5.74, 6) is 0.0291. The largest absolute Gasteiger partial charge is 0.369 e. The molecule has 1 aromatic rings. The molecule has 0 unspecified atom stereocenters. The van der Waals surface area contributed by atoms with Crippen LogP contribution in [0.25, 0.3) is 0 Å². The normalized spacial score (nSPS) is 30.5. The van der Waals surface area contributed by atoms with Crippen LogP contribution in [0.5, 0.6) is 0 Å². The molecule has 1 saturated heterocycles. The number of aromatic amines is 1. The Labute approximate surface area is 149 Å². The first-order valence-electron chi connectivity index (χ1n) is 9.51. The van der Waals surface area contributed by atoms with Crippen LogP contribution in [0.4, 0.5) is 0 Å². The minimum atomic E-state index is -0.321. The minimum absolute atomic E-state index is 0.0291.